The second-order valence-corrected chi connectivity index (χ2v) is 8.10. The molecule has 168 valence electrons. The fourth-order valence-electron chi connectivity index (χ4n) is 3.59. The number of alkyl halides is 4. The summed E-state index contributed by atoms with van der Waals surface area (Å²) in [5, 5.41) is 12.6. The van der Waals surface area contributed by atoms with Gasteiger partial charge in [-0.15, -0.1) is 0 Å². The lowest BCUT2D eigenvalue weighted by Crippen LogP contribution is -2.48. The van der Waals surface area contributed by atoms with Crippen molar-refractivity contribution >= 4 is 29.1 Å². The quantitative estimate of drug-likeness (QED) is 0.436. The molecule has 0 aliphatic heterocycles. The zero-order valence-electron chi connectivity index (χ0n) is 15.8. The minimum Gasteiger partial charge on any atom is -0.387 e. The Kier molecular flexibility index (Phi) is 6.78. The molecule has 31 heavy (non-hydrogen) atoms. The van der Waals surface area contributed by atoms with Gasteiger partial charge in [0, 0.05) is 0 Å². The van der Waals surface area contributed by atoms with E-state index < -0.39 is 46.6 Å². The highest BCUT2D eigenvalue weighted by atomic mass is 35.5. The van der Waals surface area contributed by atoms with Gasteiger partial charge >= 0.3 is 6.18 Å². The second kappa shape index (κ2) is 8.88. The van der Waals surface area contributed by atoms with Gasteiger partial charge in [0.05, 0.1) is 22.2 Å². The Hall–Kier alpha value is -1.97. The first-order valence-corrected chi connectivity index (χ1v) is 10.0. The van der Waals surface area contributed by atoms with Crippen LogP contribution < -0.4 is 5.32 Å². The molecule has 0 saturated heterocycles. The molecule has 1 aromatic heterocycles. The Morgan fingerprint density at radius 2 is 1.84 bits per heavy atom. The number of aromatic nitrogens is 1. The molecule has 1 aromatic carbocycles. The van der Waals surface area contributed by atoms with Crippen molar-refractivity contribution in [1.29, 1.82) is 0 Å². The zero-order chi connectivity index (χ0) is 23.0. The van der Waals surface area contributed by atoms with E-state index in [1.54, 1.807) is 0 Å². The van der Waals surface area contributed by atoms with E-state index in [1.165, 1.54) is 12.1 Å². The molecular formula is C20H17Cl2F5N2O2. The molecule has 0 bridgehead atoms. The van der Waals surface area contributed by atoms with Gasteiger partial charge in [0.2, 0.25) is 0 Å². The molecule has 1 saturated carbocycles. The van der Waals surface area contributed by atoms with Crippen LogP contribution in [0.15, 0.2) is 30.3 Å². The summed E-state index contributed by atoms with van der Waals surface area (Å²) in [5.74, 6) is -1.75. The number of benzene rings is 1. The van der Waals surface area contributed by atoms with Crippen molar-refractivity contribution in [2.75, 3.05) is 0 Å². The Bertz CT molecular complexity index is 979. The predicted molar refractivity (Wildman–Crippen MR) is 104 cm³/mol. The highest BCUT2D eigenvalue weighted by Crippen LogP contribution is 2.42. The summed E-state index contributed by atoms with van der Waals surface area (Å²) in [6.45, 7) is 0. The van der Waals surface area contributed by atoms with Crippen molar-refractivity contribution < 1.29 is 31.9 Å². The Morgan fingerprint density at radius 1 is 1.19 bits per heavy atom. The third kappa shape index (κ3) is 5.10. The van der Waals surface area contributed by atoms with Gasteiger partial charge in [-0.3, -0.25) is 4.79 Å². The molecule has 1 heterocycles. The minimum atomic E-state index is -4.75. The zero-order valence-corrected chi connectivity index (χ0v) is 17.3. The molecule has 2 aromatic rings. The first-order chi connectivity index (χ1) is 14.4. The average molecular weight is 483 g/mol. The molecule has 0 radical (unpaired) electrons. The monoisotopic (exact) mass is 482 g/mol. The molecule has 1 amide bonds. The van der Waals surface area contributed by atoms with Crippen LogP contribution in [0, 0.1) is 5.82 Å². The van der Waals surface area contributed by atoms with E-state index in [0.717, 1.165) is 12.1 Å². The maximum absolute atomic E-state index is 14.1. The number of nitrogens with zero attached hydrogens (tertiary/aromatic N) is 1. The van der Waals surface area contributed by atoms with Crippen LogP contribution in [0.25, 0.3) is 0 Å². The van der Waals surface area contributed by atoms with Gasteiger partial charge < -0.3 is 10.4 Å². The molecule has 4 nitrogen and oxygen atoms in total. The van der Waals surface area contributed by atoms with Crippen LogP contribution in [0.2, 0.25) is 10.2 Å². The van der Waals surface area contributed by atoms with Crippen LogP contribution in [-0.2, 0) is 6.18 Å². The van der Waals surface area contributed by atoms with Gasteiger partial charge in [-0.1, -0.05) is 35.3 Å². The van der Waals surface area contributed by atoms with E-state index in [2.05, 4.69) is 10.3 Å². The van der Waals surface area contributed by atoms with Crippen LogP contribution in [0.4, 0.5) is 22.0 Å². The third-order valence-corrected chi connectivity index (χ3v) is 5.96. The Morgan fingerprint density at radius 3 is 2.42 bits per heavy atom. The largest absolute Gasteiger partial charge is 0.433 e. The first kappa shape index (κ1) is 23.7. The smallest absolute Gasteiger partial charge is 0.387 e. The first-order valence-electron chi connectivity index (χ1n) is 9.27. The normalized spacial score (nSPS) is 22.8. The summed E-state index contributed by atoms with van der Waals surface area (Å²) in [5.41, 5.74) is -3.28. The summed E-state index contributed by atoms with van der Waals surface area (Å²) in [6, 6.07) is 3.97. The number of carbonyl (C=O) groups excluding carboxylic acids is 1. The van der Waals surface area contributed by atoms with E-state index in [4.69, 9.17) is 23.2 Å². The number of pyridine rings is 1. The van der Waals surface area contributed by atoms with E-state index in [0.29, 0.717) is 6.07 Å². The van der Waals surface area contributed by atoms with E-state index >= 15 is 0 Å². The predicted octanol–water partition coefficient (Wildman–Crippen LogP) is 5.66. The lowest BCUT2D eigenvalue weighted by atomic mass is 9.76. The highest BCUT2D eigenvalue weighted by molar-refractivity contribution is 6.33. The SMILES string of the molecule is O=C(NC(c1cccc(F)c1Cl)[C@]1(O)CC[C@H](F)CC1)c1ccc(C(F)(F)F)nc1Cl. The molecule has 1 unspecified atom stereocenters. The molecule has 1 atom stereocenters. The lowest BCUT2D eigenvalue weighted by Gasteiger charge is -2.41. The van der Waals surface area contributed by atoms with E-state index in [-0.39, 0.29) is 41.8 Å². The number of aliphatic hydroxyl groups is 1. The lowest BCUT2D eigenvalue weighted by molar-refractivity contribution is -0.141. The molecule has 0 spiro atoms. The van der Waals surface area contributed by atoms with Crippen LogP contribution in [-0.4, -0.2) is 27.8 Å². The fourth-order valence-corrected chi connectivity index (χ4v) is 4.06. The number of rotatable bonds is 4. The molecular weight excluding hydrogens is 466 g/mol. The van der Waals surface area contributed by atoms with Crippen LogP contribution in [0.1, 0.15) is 53.3 Å². The number of hydrogen-bond donors (Lipinski definition) is 2. The third-order valence-electron chi connectivity index (χ3n) is 5.27. The van der Waals surface area contributed by atoms with Crippen LogP contribution in [0.3, 0.4) is 0 Å². The van der Waals surface area contributed by atoms with Gasteiger partial charge in [-0.25, -0.2) is 13.8 Å². The summed E-state index contributed by atoms with van der Waals surface area (Å²) in [6.07, 6.45) is -5.96. The van der Waals surface area contributed by atoms with Gasteiger partial charge in [0.15, 0.2) is 0 Å². The van der Waals surface area contributed by atoms with Crippen molar-refractivity contribution in [3.63, 3.8) is 0 Å². The van der Waals surface area contributed by atoms with E-state index in [9.17, 15) is 31.9 Å². The second-order valence-electron chi connectivity index (χ2n) is 7.36. The Balaban J connectivity index is 1.97. The summed E-state index contributed by atoms with van der Waals surface area (Å²) >= 11 is 11.8. The van der Waals surface area contributed by atoms with Gasteiger partial charge in [0.1, 0.15) is 22.8 Å². The molecule has 1 fully saturated rings. The van der Waals surface area contributed by atoms with Crippen molar-refractivity contribution in [2.24, 2.45) is 0 Å². The maximum atomic E-state index is 14.1. The minimum absolute atomic E-state index is 0.0123. The van der Waals surface area contributed by atoms with Crippen molar-refractivity contribution in [1.82, 2.24) is 10.3 Å². The van der Waals surface area contributed by atoms with Gasteiger partial charge in [-0.2, -0.15) is 13.2 Å². The highest BCUT2D eigenvalue weighted by Gasteiger charge is 2.43. The van der Waals surface area contributed by atoms with Crippen LogP contribution in [0.5, 0.6) is 0 Å². The topological polar surface area (TPSA) is 62.2 Å². The van der Waals surface area contributed by atoms with Crippen molar-refractivity contribution in [3.8, 4) is 0 Å². The van der Waals surface area contributed by atoms with Gasteiger partial charge in [-0.05, 0) is 49.4 Å². The summed E-state index contributed by atoms with van der Waals surface area (Å²) in [4.78, 5) is 16.0. The van der Waals surface area contributed by atoms with Gasteiger partial charge in [0.25, 0.3) is 5.91 Å². The van der Waals surface area contributed by atoms with Crippen LogP contribution >= 0.6 is 23.2 Å². The fraction of sp³-hybridized carbons (Fsp3) is 0.400. The average Bonchev–Trinajstić information content (AvgIpc) is 2.70. The molecule has 3 rings (SSSR count). The molecule has 2 N–H and O–H groups in total. The van der Waals surface area contributed by atoms with E-state index in [1.807, 2.05) is 0 Å². The van der Waals surface area contributed by atoms with Crippen molar-refractivity contribution in [3.05, 3.63) is 63.1 Å². The maximum Gasteiger partial charge on any atom is 0.433 e. The number of carbonyl (C=O) groups is 1. The number of halogens is 7. The molecule has 11 heteroatoms. The van der Waals surface area contributed by atoms with Crippen molar-refractivity contribution in [2.45, 2.75) is 49.7 Å². The summed E-state index contributed by atoms with van der Waals surface area (Å²) < 4.78 is 66.1. The number of amides is 1. The molecule has 1 aliphatic carbocycles. The number of nitrogens with one attached hydrogen (secondary N) is 1. The standard InChI is InChI=1S/C20H17Cl2F5N2O2/c21-15-11(2-1-3-13(15)24)16(19(31)8-6-10(23)7-9-19)29-18(30)12-4-5-14(20(25,26)27)28-17(12)22/h1-5,10,16,31H,6-9H2,(H,29,30)/t10-,16?,19-. The Labute approximate surface area is 184 Å². The summed E-state index contributed by atoms with van der Waals surface area (Å²) in [7, 11) is 0. The number of hydrogen-bond acceptors (Lipinski definition) is 3. The molecule has 1 aliphatic rings.